The maximum absolute atomic E-state index is 12.2. The molecule has 7 heteroatoms. The molecule has 0 unspecified atom stereocenters. The molecule has 1 saturated heterocycles. The monoisotopic (exact) mass is 369 g/mol. The number of aliphatic hydroxyl groups excluding tert-OH is 1. The molecule has 1 aliphatic heterocycles. The number of hydrogen-bond acceptors (Lipinski definition) is 6. The van der Waals surface area contributed by atoms with E-state index < -0.39 is 0 Å². The second-order valence-corrected chi connectivity index (χ2v) is 7.00. The highest BCUT2D eigenvalue weighted by atomic mass is 16.3. The molecule has 1 fully saturated rings. The Labute approximate surface area is 159 Å². The number of carbonyl (C=O) groups is 1. The number of nitrogens with zero attached hydrogens (tertiary/aromatic N) is 3. The Hall–Kier alpha value is -2.67. The largest absolute Gasteiger partial charge is 0.393 e. The summed E-state index contributed by atoms with van der Waals surface area (Å²) in [5, 5.41) is 15.7. The van der Waals surface area contributed by atoms with Gasteiger partial charge in [-0.25, -0.2) is 4.98 Å². The van der Waals surface area contributed by atoms with Crippen molar-refractivity contribution in [2.45, 2.75) is 39.2 Å². The summed E-state index contributed by atoms with van der Waals surface area (Å²) in [4.78, 5) is 23.1. The van der Waals surface area contributed by atoms with Crippen molar-refractivity contribution in [2.75, 3.05) is 35.2 Å². The lowest BCUT2D eigenvalue weighted by molar-refractivity contribution is -0.115. The van der Waals surface area contributed by atoms with Crippen LogP contribution < -0.4 is 15.5 Å². The highest BCUT2D eigenvalue weighted by Gasteiger charge is 2.18. The van der Waals surface area contributed by atoms with Gasteiger partial charge in [-0.15, -0.1) is 0 Å². The first kappa shape index (κ1) is 19.1. The number of benzene rings is 1. The highest BCUT2D eigenvalue weighted by molar-refractivity contribution is 5.91. The number of piperidine rings is 1. The van der Waals surface area contributed by atoms with E-state index in [4.69, 9.17) is 0 Å². The maximum Gasteiger partial charge on any atom is 0.226 e. The first-order valence-corrected chi connectivity index (χ1v) is 9.38. The minimum atomic E-state index is -0.212. The number of anilines is 3. The van der Waals surface area contributed by atoms with Crippen LogP contribution in [0, 0.1) is 13.8 Å². The molecule has 3 rings (SSSR count). The third-order valence-electron chi connectivity index (χ3n) is 4.73. The van der Waals surface area contributed by atoms with Crippen molar-refractivity contribution in [2.24, 2.45) is 0 Å². The lowest BCUT2D eigenvalue weighted by Gasteiger charge is -2.30. The molecule has 1 aliphatic rings. The summed E-state index contributed by atoms with van der Waals surface area (Å²) in [5.41, 5.74) is 3.01. The second kappa shape index (κ2) is 8.81. The molecule has 7 nitrogen and oxygen atoms in total. The van der Waals surface area contributed by atoms with Gasteiger partial charge in [0, 0.05) is 37.9 Å². The smallest absolute Gasteiger partial charge is 0.226 e. The minimum absolute atomic E-state index is 0.0441. The van der Waals surface area contributed by atoms with Gasteiger partial charge < -0.3 is 20.6 Å². The molecule has 2 heterocycles. The molecule has 0 radical (unpaired) electrons. The van der Waals surface area contributed by atoms with E-state index in [2.05, 4.69) is 25.5 Å². The fourth-order valence-corrected chi connectivity index (χ4v) is 3.08. The quantitative estimate of drug-likeness (QED) is 0.725. The molecule has 0 bridgehead atoms. The van der Waals surface area contributed by atoms with Gasteiger partial charge in [0.1, 0.15) is 5.82 Å². The summed E-state index contributed by atoms with van der Waals surface area (Å²) in [6, 6.07) is 7.88. The van der Waals surface area contributed by atoms with Crippen molar-refractivity contribution < 1.29 is 9.90 Å². The second-order valence-electron chi connectivity index (χ2n) is 7.00. The maximum atomic E-state index is 12.2. The fraction of sp³-hybridized carbons (Fsp3) is 0.450. The lowest BCUT2D eigenvalue weighted by Crippen LogP contribution is -2.36. The topological polar surface area (TPSA) is 90.4 Å². The Balaban J connectivity index is 1.49. The molecule has 0 atom stereocenters. The van der Waals surface area contributed by atoms with Crippen LogP contribution >= 0.6 is 0 Å². The van der Waals surface area contributed by atoms with E-state index in [9.17, 15) is 9.90 Å². The van der Waals surface area contributed by atoms with Gasteiger partial charge in [-0.2, -0.15) is 4.98 Å². The van der Waals surface area contributed by atoms with Crippen molar-refractivity contribution in [3.8, 4) is 0 Å². The predicted molar refractivity (Wildman–Crippen MR) is 107 cm³/mol. The molecular weight excluding hydrogens is 342 g/mol. The Bertz CT molecular complexity index is 788. The average Bonchev–Trinajstić information content (AvgIpc) is 2.65. The van der Waals surface area contributed by atoms with Gasteiger partial charge in [0.25, 0.3) is 0 Å². The molecule has 3 N–H and O–H groups in total. The number of hydrogen-bond donors (Lipinski definition) is 3. The van der Waals surface area contributed by atoms with Gasteiger partial charge in [-0.1, -0.05) is 12.1 Å². The van der Waals surface area contributed by atoms with Gasteiger partial charge >= 0.3 is 0 Å². The van der Waals surface area contributed by atoms with Crippen LogP contribution in [0.2, 0.25) is 0 Å². The van der Waals surface area contributed by atoms with Crippen LogP contribution in [0.3, 0.4) is 0 Å². The third kappa shape index (κ3) is 5.40. The summed E-state index contributed by atoms with van der Waals surface area (Å²) in [6.45, 7) is 6.01. The molecule has 0 saturated carbocycles. The van der Waals surface area contributed by atoms with Crippen molar-refractivity contribution in [3.05, 3.63) is 41.6 Å². The third-order valence-corrected chi connectivity index (χ3v) is 4.73. The fourth-order valence-electron chi connectivity index (χ4n) is 3.08. The zero-order chi connectivity index (χ0) is 19.2. The summed E-state index contributed by atoms with van der Waals surface area (Å²) in [7, 11) is 0. The molecule has 0 aliphatic carbocycles. The van der Waals surface area contributed by atoms with Crippen molar-refractivity contribution in [1.82, 2.24) is 9.97 Å². The zero-order valence-electron chi connectivity index (χ0n) is 15.9. The summed E-state index contributed by atoms with van der Waals surface area (Å²) < 4.78 is 0. The molecule has 0 spiro atoms. The van der Waals surface area contributed by atoms with Gasteiger partial charge in [0.05, 0.1) is 6.10 Å². The summed E-state index contributed by atoms with van der Waals surface area (Å²) in [6.07, 6.45) is 3.34. The SMILES string of the molecule is Cc1ccc(C)c(NC(=O)CCNc2nccc(N3CCC(O)CC3)n2)c1. The number of aryl methyl sites for hydroxylation is 2. The number of carbonyl (C=O) groups excluding carboxylic acids is 1. The molecule has 1 aromatic carbocycles. The van der Waals surface area contributed by atoms with E-state index in [1.165, 1.54) is 0 Å². The van der Waals surface area contributed by atoms with Gasteiger partial charge in [0.2, 0.25) is 11.9 Å². The van der Waals surface area contributed by atoms with E-state index in [0.717, 1.165) is 48.6 Å². The van der Waals surface area contributed by atoms with Crippen molar-refractivity contribution in [3.63, 3.8) is 0 Å². The molecule has 2 aromatic rings. The number of rotatable bonds is 6. The molecule has 1 amide bonds. The molecule has 27 heavy (non-hydrogen) atoms. The first-order valence-electron chi connectivity index (χ1n) is 9.38. The predicted octanol–water partition coefficient (Wildman–Crippen LogP) is 2.50. The van der Waals surface area contributed by atoms with Crippen molar-refractivity contribution >= 4 is 23.4 Å². The number of aromatic nitrogens is 2. The number of aliphatic hydroxyl groups is 1. The van der Waals surface area contributed by atoms with E-state index >= 15 is 0 Å². The Morgan fingerprint density at radius 1 is 1.26 bits per heavy atom. The first-order chi connectivity index (χ1) is 13.0. The molecule has 144 valence electrons. The van der Waals surface area contributed by atoms with E-state index in [0.29, 0.717) is 18.9 Å². The van der Waals surface area contributed by atoms with Crippen LogP contribution in [0.4, 0.5) is 17.5 Å². The van der Waals surface area contributed by atoms with E-state index in [-0.39, 0.29) is 12.0 Å². The molecular formula is C20H27N5O2. The standard InChI is InChI=1S/C20H27N5O2/c1-14-3-4-15(2)17(13-14)23-19(27)6-10-22-20-21-9-5-18(24-20)25-11-7-16(26)8-12-25/h3-5,9,13,16,26H,6-8,10-12H2,1-2H3,(H,23,27)(H,21,22,24). The molecule has 1 aromatic heterocycles. The highest BCUT2D eigenvalue weighted by Crippen LogP contribution is 2.19. The van der Waals surface area contributed by atoms with Crippen LogP contribution in [0.5, 0.6) is 0 Å². The summed E-state index contributed by atoms with van der Waals surface area (Å²) >= 11 is 0. The van der Waals surface area contributed by atoms with Crippen LogP contribution in [-0.2, 0) is 4.79 Å². The van der Waals surface area contributed by atoms with Crippen molar-refractivity contribution in [1.29, 1.82) is 0 Å². The number of amides is 1. The van der Waals surface area contributed by atoms with Crippen LogP contribution in [0.1, 0.15) is 30.4 Å². The minimum Gasteiger partial charge on any atom is -0.393 e. The van der Waals surface area contributed by atoms with Crippen LogP contribution in [0.15, 0.2) is 30.5 Å². The van der Waals surface area contributed by atoms with Crippen LogP contribution in [-0.4, -0.2) is 46.7 Å². The van der Waals surface area contributed by atoms with Crippen LogP contribution in [0.25, 0.3) is 0 Å². The Morgan fingerprint density at radius 3 is 2.81 bits per heavy atom. The van der Waals surface area contributed by atoms with E-state index in [1.807, 2.05) is 38.1 Å². The summed E-state index contributed by atoms with van der Waals surface area (Å²) in [5.74, 6) is 1.31. The normalized spacial score (nSPS) is 14.9. The Morgan fingerprint density at radius 2 is 2.04 bits per heavy atom. The van der Waals surface area contributed by atoms with Gasteiger partial charge in [-0.3, -0.25) is 4.79 Å². The van der Waals surface area contributed by atoms with Gasteiger partial charge in [0.15, 0.2) is 0 Å². The average molecular weight is 369 g/mol. The van der Waals surface area contributed by atoms with Gasteiger partial charge in [-0.05, 0) is 49.9 Å². The Kier molecular flexibility index (Phi) is 6.24. The number of nitrogens with one attached hydrogen (secondary N) is 2. The van der Waals surface area contributed by atoms with E-state index in [1.54, 1.807) is 6.20 Å². The lowest BCUT2D eigenvalue weighted by atomic mass is 10.1. The zero-order valence-corrected chi connectivity index (χ0v) is 15.9.